The molecule has 7 heteroatoms. The van der Waals surface area contributed by atoms with Gasteiger partial charge in [-0.15, -0.1) is 0 Å². The predicted molar refractivity (Wildman–Crippen MR) is 82.4 cm³/mol. The summed E-state index contributed by atoms with van der Waals surface area (Å²) in [6.07, 6.45) is 8.43. The van der Waals surface area contributed by atoms with Crippen molar-refractivity contribution in [3.8, 4) is 0 Å². The average molecular weight is 300 g/mol. The Hall–Kier alpha value is -2.44. The van der Waals surface area contributed by atoms with Gasteiger partial charge >= 0.3 is 0 Å². The Bertz CT molecular complexity index is 617. The minimum absolute atomic E-state index is 0.121. The molecular formula is C15H20N6O. The van der Waals surface area contributed by atoms with Gasteiger partial charge < -0.3 is 14.8 Å². The summed E-state index contributed by atoms with van der Waals surface area (Å²) in [4.78, 5) is 32.3. The first-order chi connectivity index (χ1) is 10.6. The van der Waals surface area contributed by atoms with E-state index in [-0.39, 0.29) is 5.91 Å². The van der Waals surface area contributed by atoms with Gasteiger partial charge in [0.15, 0.2) is 0 Å². The molecule has 0 saturated carbocycles. The highest BCUT2D eigenvalue weighted by atomic mass is 16.2. The van der Waals surface area contributed by atoms with Crippen LogP contribution in [0.1, 0.15) is 19.5 Å². The van der Waals surface area contributed by atoms with Gasteiger partial charge in [0.2, 0.25) is 5.91 Å². The molecule has 0 radical (unpaired) electrons. The number of aromatic nitrogens is 4. The average Bonchev–Trinajstić information content (AvgIpc) is 3.10. The van der Waals surface area contributed by atoms with Crippen LogP contribution in [-0.2, 0) is 10.2 Å². The summed E-state index contributed by atoms with van der Waals surface area (Å²) < 4.78 is 0. The fourth-order valence-electron chi connectivity index (χ4n) is 2.70. The smallest absolute Gasteiger partial charge is 0.234 e. The van der Waals surface area contributed by atoms with E-state index < -0.39 is 5.41 Å². The van der Waals surface area contributed by atoms with Crippen molar-refractivity contribution in [3.63, 3.8) is 0 Å². The normalized spacial score (nSPS) is 15.9. The molecule has 1 amide bonds. The minimum atomic E-state index is -0.592. The second kappa shape index (κ2) is 5.75. The van der Waals surface area contributed by atoms with Crippen LogP contribution in [0.3, 0.4) is 0 Å². The van der Waals surface area contributed by atoms with Crippen LogP contribution in [0.4, 0.5) is 5.82 Å². The number of hydrogen-bond acceptors (Lipinski definition) is 5. The topological polar surface area (TPSA) is 78.0 Å². The second-order valence-corrected chi connectivity index (χ2v) is 5.93. The molecule has 1 aliphatic heterocycles. The molecule has 1 fully saturated rings. The molecule has 1 aliphatic rings. The summed E-state index contributed by atoms with van der Waals surface area (Å²) in [7, 11) is 0. The summed E-state index contributed by atoms with van der Waals surface area (Å²) in [6.45, 7) is 6.77. The molecular weight excluding hydrogens is 280 g/mol. The van der Waals surface area contributed by atoms with Gasteiger partial charge in [-0.05, 0) is 13.8 Å². The maximum Gasteiger partial charge on any atom is 0.234 e. The molecule has 2 aromatic rings. The van der Waals surface area contributed by atoms with E-state index in [0.29, 0.717) is 13.1 Å². The van der Waals surface area contributed by atoms with Gasteiger partial charge in [0.05, 0.1) is 17.9 Å². The molecule has 0 bridgehead atoms. The van der Waals surface area contributed by atoms with Crippen molar-refractivity contribution >= 4 is 11.7 Å². The van der Waals surface area contributed by atoms with Crippen LogP contribution in [0.15, 0.2) is 31.1 Å². The Labute approximate surface area is 129 Å². The number of nitrogens with one attached hydrogen (secondary N) is 1. The lowest BCUT2D eigenvalue weighted by molar-refractivity contribution is -0.136. The summed E-state index contributed by atoms with van der Waals surface area (Å²) >= 11 is 0. The molecule has 0 spiro atoms. The Morgan fingerprint density at radius 1 is 1.14 bits per heavy atom. The van der Waals surface area contributed by atoms with Crippen molar-refractivity contribution in [1.82, 2.24) is 24.8 Å². The molecule has 7 nitrogen and oxygen atoms in total. The van der Waals surface area contributed by atoms with E-state index in [2.05, 4.69) is 24.8 Å². The standard InChI is InChI=1S/C15H20N6O/c1-15(2,12-9-17-11-19-12)14(22)21-7-5-20(6-8-21)13-10-16-3-4-18-13/h3-4,9-11H,5-8H2,1-2H3,(H,17,19). The van der Waals surface area contributed by atoms with Gasteiger partial charge in [0.25, 0.3) is 0 Å². The molecule has 0 atom stereocenters. The molecule has 1 N–H and O–H groups in total. The maximum absolute atomic E-state index is 12.8. The third kappa shape index (κ3) is 2.66. The number of piperazine rings is 1. The van der Waals surface area contributed by atoms with Gasteiger partial charge in [-0.3, -0.25) is 9.78 Å². The zero-order valence-corrected chi connectivity index (χ0v) is 12.9. The van der Waals surface area contributed by atoms with Crippen molar-refractivity contribution < 1.29 is 4.79 Å². The maximum atomic E-state index is 12.8. The Morgan fingerprint density at radius 3 is 2.50 bits per heavy atom. The summed E-state index contributed by atoms with van der Waals surface area (Å²) in [5.74, 6) is 0.984. The highest BCUT2D eigenvalue weighted by molar-refractivity contribution is 5.87. The highest BCUT2D eigenvalue weighted by Gasteiger charge is 2.36. The van der Waals surface area contributed by atoms with Crippen molar-refractivity contribution in [2.75, 3.05) is 31.1 Å². The second-order valence-electron chi connectivity index (χ2n) is 5.93. The fraction of sp³-hybridized carbons (Fsp3) is 0.467. The number of anilines is 1. The third-order valence-electron chi connectivity index (χ3n) is 4.15. The van der Waals surface area contributed by atoms with Crippen molar-refractivity contribution in [1.29, 1.82) is 0 Å². The first-order valence-electron chi connectivity index (χ1n) is 7.38. The zero-order chi connectivity index (χ0) is 15.6. The lowest BCUT2D eigenvalue weighted by Crippen LogP contribution is -2.53. The number of carbonyl (C=O) groups is 1. The molecule has 0 unspecified atom stereocenters. The lowest BCUT2D eigenvalue weighted by Gasteiger charge is -2.38. The van der Waals surface area contributed by atoms with Gasteiger partial charge in [-0.2, -0.15) is 0 Å². The van der Waals surface area contributed by atoms with Gasteiger partial charge in [0.1, 0.15) is 5.82 Å². The van der Waals surface area contributed by atoms with Crippen LogP contribution in [0.5, 0.6) is 0 Å². The number of aromatic amines is 1. The van der Waals surface area contributed by atoms with Crippen LogP contribution in [0.25, 0.3) is 0 Å². The first kappa shape index (κ1) is 14.5. The molecule has 116 valence electrons. The highest BCUT2D eigenvalue weighted by Crippen LogP contribution is 2.24. The molecule has 3 rings (SSSR count). The van der Waals surface area contributed by atoms with Gasteiger partial charge in [-0.25, -0.2) is 9.97 Å². The lowest BCUT2D eigenvalue weighted by atomic mass is 9.88. The van der Waals surface area contributed by atoms with Crippen molar-refractivity contribution in [3.05, 3.63) is 36.8 Å². The molecule has 1 saturated heterocycles. The zero-order valence-electron chi connectivity index (χ0n) is 12.9. The number of H-pyrrole nitrogens is 1. The van der Waals surface area contributed by atoms with Crippen LogP contribution in [0.2, 0.25) is 0 Å². The molecule has 3 heterocycles. The Kier molecular flexibility index (Phi) is 3.79. The molecule has 0 aliphatic carbocycles. The number of imidazole rings is 1. The summed E-state index contributed by atoms with van der Waals surface area (Å²) in [6, 6.07) is 0. The molecule has 2 aromatic heterocycles. The Morgan fingerprint density at radius 2 is 1.91 bits per heavy atom. The fourth-order valence-corrected chi connectivity index (χ4v) is 2.70. The van der Waals surface area contributed by atoms with Gasteiger partial charge in [-0.1, -0.05) is 0 Å². The van der Waals surface area contributed by atoms with Gasteiger partial charge in [0, 0.05) is 50.5 Å². The third-order valence-corrected chi connectivity index (χ3v) is 4.15. The van der Waals surface area contributed by atoms with E-state index in [0.717, 1.165) is 24.6 Å². The van der Waals surface area contributed by atoms with E-state index in [1.165, 1.54) is 0 Å². The Balaban J connectivity index is 1.65. The van der Waals surface area contributed by atoms with E-state index >= 15 is 0 Å². The number of rotatable bonds is 3. The number of nitrogens with zero attached hydrogens (tertiary/aromatic N) is 5. The van der Waals surface area contributed by atoms with Crippen LogP contribution in [0, 0.1) is 0 Å². The first-order valence-corrected chi connectivity index (χ1v) is 7.38. The van der Waals surface area contributed by atoms with Crippen molar-refractivity contribution in [2.45, 2.75) is 19.3 Å². The summed E-state index contributed by atoms with van der Waals surface area (Å²) in [5, 5.41) is 0. The quantitative estimate of drug-likeness (QED) is 0.908. The number of amides is 1. The summed E-state index contributed by atoms with van der Waals surface area (Å²) in [5.41, 5.74) is 0.249. The van der Waals surface area contributed by atoms with E-state index in [1.54, 1.807) is 31.1 Å². The van der Waals surface area contributed by atoms with Crippen LogP contribution >= 0.6 is 0 Å². The SMILES string of the molecule is CC(C)(C(=O)N1CCN(c2cnccn2)CC1)c1cnc[nH]1. The van der Waals surface area contributed by atoms with E-state index in [9.17, 15) is 4.79 Å². The number of hydrogen-bond donors (Lipinski definition) is 1. The number of carbonyl (C=O) groups excluding carboxylic acids is 1. The molecule has 22 heavy (non-hydrogen) atoms. The van der Waals surface area contributed by atoms with Crippen LogP contribution in [-0.4, -0.2) is 56.9 Å². The van der Waals surface area contributed by atoms with Crippen molar-refractivity contribution in [2.24, 2.45) is 0 Å². The monoisotopic (exact) mass is 300 g/mol. The van der Waals surface area contributed by atoms with E-state index in [4.69, 9.17) is 0 Å². The predicted octanol–water partition coefficient (Wildman–Crippen LogP) is 0.826. The minimum Gasteiger partial charge on any atom is -0.352 e. The van der Waals surface area contributed by atoms with E-state index in [1.807, 2.05) is 18.7 Å². The van der Waals surface area contributed by atoms with Crippen LogP contribution < -0.4 is 4.90 Å². The largest absolute Gasteiger partial charge is 0.352 e. The molecule has 0 aromatic carbocycles.